The van der Waals surface area contributed by atoms with Crippen molar-refractivity contribution < 1.29 is 9.53 Å². The first-order valence-electron chi connectivity index (χ1n) is 6.50. The fourth-order valence-corrected chi connectivity index (χ4v) is 2.19. The number of nitrogen functional groups attached to an aromatic ring is 1. The molecule has 2 aromatic carbocycles. The Bertz CT molecular complexity index is 644. The summed E-state index contributed by atoms with van der Waals surface area (Å²) in [6, 6.07) is 12.6. The van der Waals surface area contributed by atoms with Gasteiger partial charge in [0.05, 0.1) is 12.2 Å². The molecule has 0 aliphatic heterocycles. The first-order valence-corrected chi connectivity index (χ1v) is 6.88. The first-order chi connectivity index (χ1) is 10.1. The van der Waals surface area contributed by atoms with Crippen LogP contribution in [0.15, 0.2) is 42.5 Å². The van der Waals surface area contributed by atoms with Crippen molar-refractivity contribution in [2.45, 2.75) is 13.2 Å². The number of benzene rings is 2. The maximum Gasteiger partial charge on any atom is 0.253 e. The van der Waals surface area contributed by atoms with E-state index in [1.54, 1.807) is 25.3 Å². The quantitative estimate of drug-likeness (QED) is 0.835. The fourth-order valence-electron chi connectivity index (χ4n) is 2.02. The van der Waals surface area contributed by atoms with E-state index in [1.807, 2.05) is 24.3 Å². The number of halogens is 1. The number of ether oxygens (including phenoxy) is 1. The molecule has 2 rings (SSSR count). The van der Waals surface area contributed by atoms with Gasteiger partial charge >= 0.3 is 0 Å². The molecule has 0 saturated carbocycles. The zero-order valence-electron chi connectivity index (χ0n) is 11.7. The van der Waals surface area contributed by atoms with E-state index in [4.69, 9.17) is 22.1 Å². The molecule has 21 heavy (non-hydrogen) atoms. The van der Waals surface area contributed by atoms with Crippen molar-refractivity contribution in [3.63, 3.8) is 0 Å². The van der Waals surface area contributed by atoms with Crippen LogP contribution >= 0.6 is 11.6 Å². The van der Waals surface area contributed by atoms with E-state index >= 15 is 0 Å². The molecule has 0 aliphatic carbocycles. The Kier molecular flexibility index (Phi) is 5.20. The van der Waals surface area contributed by atoms with Crippen LogP contribution in [0.25, 0.3) is 0 Å². The summed E-state index contributed by atoms with van der Waals surface area (Å²) in [4.78, 5) is 12.2. The van der Waals surface area contributed by atoms with Gasteiger partial charge in [-0.05, 0) is 29.3 Å². The Morgan fingerprint density at radius 2 is 1.95 bits per heavy atom. The van der Waals surface area contributed by atoms with E-state index in [0.717, 1.165) is 11.1 Å². The second kappa shape index (κ2) is 7.11. The lowest BCUT2D eigenvalue weighted by Crippen LogP contribution is -2.24. The van der Waals surface area contributed by atoms with Crippen molar-refractivity contribution in [1.82, 2.24) is 5.32 Å². The molecule has 0 heterocycles. The molecule has 0 bridgehead atoms. The highest BCUT2D eigenvalue weighted by Crippen LogP contribution is 2.18. The lowest BCUT2D eigenvalue weighted by molar-refractivity contribution is 0.0951. The Labute approximate surface area is 128 Å². The van der Waals surface area contributed by atoms with Crippen LogP contribution in [0.3, 0.4) is 0 Å². The molecule has 5 heteroatoms. The third-order valence-corrected chi connectivity index (χ3v) is 3.35. The van der Waals surface area contributed by atoms with E-state index in [9.17, 15) is 4.79 Å². The molecule has 0 atom stereocenters. The van der Waals surface area contributed by atoms with E-state index in [-0.39, 0.29) is 5.91 Å². The van der Waals surface area contributed by atoms with E-state index in [2.05, 4.69) is 5.32 Å². The number of nitrogens with one attached hydrogen (secondary N) is 1. The van der Waals surface area contributed by atoms with Gasteiger partial charge in [-0.15, -0.1) is 0 Å². The summed E-state index contributed by atoms with van der Waals surface area (Å²) < 4.78 is 5.14. The number of carbonyl (C=O) groups excluding carboxylic acids is 1. The smallest absolute Gasteiger partial charge is 0.253 e. The number of nitrogens with two attached hydrogens (primary N) is 1. The largest absolute Gasteiger partial charge is 0.398 e. The normalized spacial score (nSPS) is 10.4. The highest BCUT2D eigenvalue weighted by molar-refractivity contribution is 6.31. The molecule has 0 unspecified atom stereocenters. The van der Waals surface area contributed by atoms with Gasteiger partial charge in [0.1, 0.15) is 0 Å². The fraction of sp³-hybridized carbons (Fsp3) is 0.188. The van der Waals surface area contributed by atoms with Gasteiger partial charge in [0.15, 0.2) is 0 Å². The molecule has 0 aromatic heterocycles. The lowest BCUT2D eigenvalue weighted by Gasteiger charge is -2.11. The third-order valence-electron chi connectivity index (χ3n) is 3.12. The highest BCUT2D eigenvalue weighted by atomic mass is 35.5. The van der Waals surface area contributed by atoms with Gasteiger partial charge in [-0.25, -0.2) is 0 Å². The van der Waals surface area contributed by atoms with Gasteiger partial charge in [0.25, 0.3) is 5.91 Å². The summed E-state index contributed by atoms with van der Waals surface area (Å²) in [7, 11) is 1.64. The van der Waals surface area contributed by atoms with E-state index < -0.39 is 0 Å². The van der Waals surface area contributed by atoms with Crippen molar-refractivity contribution in [2.24, 2.45) is 0 Å². The molecule has 3 N–H and O–H groups in total. The molecule has 110 valence electrons. The molecule has 0 spiro atoms. The van der Waals surface area contributed by atoms with Crippen LogP contribution in [-0.4, -0.2) is 13.0 Å². The molecular weight excluding hydrogens is 288 g/mol. The van der Waals surface area contributed by atoms with Crippen molar-refractivity contribution in [3.8, 4) is 0 Å². The van der Waals surface area contributed by atoms with Gasteiger partial charge in [0, 0.05) is 24.4 Å². The van der Waals surface area contributed by atoms with E-state index in [0.29, 0.717) is 29.4 Å². The van der Waals surface area contributed by atoms with Crippen LogP contribution < -0.4 is 11.1 Å². The zero-order chi connectivity index (χ0) is 15.2. The number of carbonyl (C=O) groups is 1. The first kappa shape index (κ1) is 15.4. The van der Waals surface area contributed by atoms with Gasteiger partial charge in [-0.1, -0.05) is 35.9 Å². The molecule has 4 nitrogen and oxygen atoms in total. The molecule has 0 fully saturated rings. The standard InChI is InChI=1S/C16H17ClN2O2/c1-21-10-12-5-3-2-4-11(12)9-19-16(20)14-8-13(17)6-7-15(14)18/h2-8H,9-10,18H2,1H3,(H,19,20). The van der Waals surface area contributed by atoms with Gasteiger partial charge in [0.2, 0.25) is 0 Å². The van der Waals surface area contributed by atoms with Crippen LogP contribution in [0.1, 0.15) is 21.5 Å². The molecule has 0 radical (unpaired) electrons. The number of hydrogen-bond acceptors (Lipinski definition) is 3. The topological polar surface area (TPSA) is 64.3 Å². The van der Waals surface area contributed by atoms with Crippen LogP contribution in [0, 0.1) is 0 Å². The minimum Gasteiger partial charge on any atom is -0.398 e. The molecular formula is C16H17ClN2O2. The highest BCUT2D eigenvalue weighted by Gasteiger charge is 2.11. The maximum absolute atomic E-state index is 12.2. The second-order valence-electron chi connectivity index (χ2n) is 4.62. The Balaban J connectivity index is 2.09. The Morgan fingerprint density at radius 1 is 1.24 bits per heavy atom. The minimum absolute atomic E-state index is 0.248. The predicted molar refractivity (Wildman–Crippen MR) is 84.2 cm³/mol. The number of methoxy groups -OCH3 is 1. The van der Waals surface area contributed by atoms with Crippen LogP contribution in [0.2, 0.25) is 5.02 Å². The maximum atomic E-state index is 12.2. The van der Waals surface area contributed by atoms with Crippen LogP contribution in [0.4, 0.5) is 5.69 Å². The molecule has 0 aliphatic rings. The summed E-state index contributed by atoms with van der Waals surface area (Å²) in [5, 5.41) is 3.33. The molecule has 0 saturated heterocycles. The van der Waals surface area contributed by atoms with Crippen LogP contribution in [-0.2, 0) is 17.9 Å². The van der Waals surface area contributed by atoms with Gasteiger partial charge in [-0.2, -0.15) is 0 Å². The molecule has 1 amide bonds. The van der Waals surface area contributed by atoms with Crippen molar-refractivity contribution in [1.29, 1.82) is 0 Å². The average molecular weight is 305 g/mol. The predicted octanol–water partition coefficient (Wildman–Crippen LogP) is 3.00. The van der Waals surface area contributed by atoms with Crippen molar-refractivity contribution in [2.75, 3.05) is 12.8 Å². The summed E-state index contributed by atoms with van der Waals surface area (Å²) >= 11 is 5.89. The second-order valence-corrected chi connectivity index (χ2v) is 5.05. The lowest BCUT2D eigenvalue weighted by atomic mass is 10.1. The Hall–Kier alpha value is -2.04. The number of amides is 1. The summed E-state index contributed by atoms with van der Waals surface area (Å²) in [5.41, 5.74) is 8.63. The van der Waals surface area contributed by atoms with Gasteiger partial charge in [-0.3, -0.25) is 4.79 Å². The van der Waals surface area contributed by atoms with Crippen molar-refractivity contribution >= 4 is 23.2 Å². The monoisotopic (exact) mass is 304 g/mol. The summed E-state index contributed by atoms with van der Waals surface area (Å²) in [6.45, 7) is 0.912. The van der Waals surface area contributed by atoms with Crippen molar-refractivity contribution in [3.05, 3.63) is 64.2 Å². The molecule has 2 aromatic rings. The minimum atomic E-state index is -0.248. The number of anilines is 1. The van der Waals surface area contributed by atoms with E-state index in [1.165, 1.54) is 0 Å². The summed E-state index contributed by atoms with van der Waals surface area (Å²) in [6.07, 6.45) is 0. The van der Waals surface area contributed by atoms with Crippen LogP contribution in [0.5, 0.6) is 0 Å². The number of rotatable bonds is 5. The third kappa shape index (κ3) is 3.97. The van der Waals surface area contributed by atoms with Gasteiger partial charge < -0.3 is 15.8 Å². The number of hydrogen-bond donors (Lipinski definition) is 2. The SMILES string of the molecule is COCc1ccccc1CNC(=O)c1cc(Cl)ccc1N. The summed E-state index contributed by atoms with van der Waals surface area (Å²) in [5.74, 6) is -0.248. The average Bonchev–Trinajstić information content (AvgIpc) is 2.49. The zero-order valence-corrected chi connectivity index (χ0v) is 12.5. The Morgan fingerprint density at radius 3 is 2.67 bits per heavy atom.